The van der Waals surface area contributed by atoms with Gasteiger partial charge in [0, 0.05) is 18.5 Å². The number of thiophene rings is 1. The van der Waals surface area contributed by atoms with Crippen molar-refractivity contribution in [3.05, 3.63) is 17.1 Å². The lowest BCUT2D eigenvalue weighted by molar-refractivity contribution is 0.0629. The number of anilines is 1. The van der Waals surface area contributed by atoms with E-state index in [1.807, 2.05) is 11.0 Å². The predicted octanol–water partition coefficient (Wildman–Crippen LogP) is 2.39. The Hall–Kier alpha value is -1.69. The van der Waals surface area contributed by atoms with E-state index < -0.39 is 0 Å². The number of nitrogens with two attached hydrogens (primary N) is 1. The van der Waals surface area contributed by atoms with Crippen LogP contribution in [0, 0.1) is 11.8 Å². The topological polar surface area (TPSA) is 72.1 Å². The minimum Gasteiger partial charge on any atom is -0.397 e. The van der Waals surface area contributed by atoms with E-state index in [0.717, 1.165) is 23.3 Å². The third-order valence-electron chi connectivity index (χ3n) is 3.77. The second-order valence-electron chi connectivity index (χ2n) is 5.75. The number of likely N-dealkylation sites (tertiary alicyclic amines) is 1. The molecule has 6 heteroatoms. The number of hydrogen-bond acceptors (Lipinski definition) is 5. The number of nitrogen functional groups attached to an aromatic ring is 1. The number of amides is 1. The van der Waals surface area contributed by atoms with Crippen LogP contribution in [0.2, 0.25) is 0 Å². The van der Waals surface area contributed by atoms with Crippen molar-refractivity contribution in [2.75, 3.05) is 18.8 Å². The molecule has 20 heavy (non-hydrogen) atoms. The first-order valence-corrected chi connectivity index (χ1v) is 7.67. The van der Waals surface area contributed by atoms with Crippen LogP contribution in [0.3, 0.4) is 0 Å². The lowest BCUT2D eigenvalue weighted by atomic mass is 9.92. The molecule has 2 N–H and O–H groups in total. The van der Waals surface area contributed by atoms with E-state index in [2.05, 4.69) is 24.0 Å². The molecule has 0 radical (unpaired) electrons. The van der Waals surface area contributed by atoms with Gasteiger partial charge in [-0.3, -0.25) is 4.79 Å². The third-order valence-corrected chi connectivity index (χ3v) is 4.86. The maximum Gasteiger partial charge on any atom is 0.266 e. The van der Waals surface area contributed by atoms with Gasteiger partial charge < -0.3 is 10.6 Å². The number of aromatic nitrogens is 2. The van der Waals surface area contributed by atoms with Gasteiger partial charge in [-0.1, -0.05) is 13.8 Å². The van der Waals surface area contributed by atoms with Crippen molar-refractivity contribution in [1.82, 2.24) is 15.1 Å². The molecule has 0 saturated carbocycles. The monoisotopic (exact) mass is 290 g/mol. The second kappa shape index (κ2) is 5.01. The average Bonchev–Trinajstić information content (AvgIpc) is 2.75. The molecule has 0 spiro atoms. The summed E-state index contributed by atoms with van der Waals surface area (Å²) in [6.45, 7) is 6.00. The van der Waals surface area contributed by atoms with Gasteiger partial charge in [-0.15, -0.1) is 16.4 Å². The van der Waals surface area contributed by atoms with Gasteiger partial charge in [-0.25, -0.2) is 0 Å². The number of rotatable bonds is 1. The van der Waals surface area contributed by atoms with Gasteiger partial charge in [-0.05, 0) is 24.3 Å². The van der Waals surface area contributed by atoms with Crippen molar-refractivity contribution in [2.24, 2.45) is 11.8 Å². The first kappa shape index (κ1) is 13.3. The van der Waals surface area contributed by atoms with E-state index >= 15 is 0 Å². The molecule has 2 aromatic heterocycles. The Kier molecular flexibility index (Phi) is 3.33. The molecule has 1 aliphatic heterocycles. The summed E-state index contributed by atoms with van der Waals surface area (Å²) in [4.78, 5) is 15.9. The number of hydrogen-bond donors (Lipinski definition) is 1. The molecular weight excluding hydrogens is 272 g/mol. The molecule has 2 atom stereocenters. The molecule has 1 saturated heterocycles. The van der Waals surface area contributed by atoms with Crippen LogP contribution in [0.1, 0.15) is 29.9 Å². The largest absolute Gasteiger partial charge is 0.397 e. The number of fused-ring (bicyclic) bond motifs is 1. The highest BCUT2D eigenvalue weighted by molar-refractivity contribution is 7.21. The third kappa shape index (κ3) is 2.24. The Morgan fingerprint density at radius 2 is 2.10 bits per heavy atom. The highest BCUT2D eigenvalue weighted by Crippen LogP contribution is 2.33. The average molecular weight is 290 g/mol. The van der Waals surface area contributed by atoms with Gasteiger partial charge in [0.1, 0.15) is 9.71 Å². The molecule has 1 amide bonds. The van der Waals surface area contributed by atoms with Gasteiger partial charge in [-0.2, -0.15) is 5.10 Å². The predicted molar refractivity (Wildman–Crippen MR) is 80.7 cm³/mol. The van der Waals surface area contributed by atoms with Crippen LogP contribution in [-0.4, -0.2) is 34.1 Å². The lowest BCUT2D eigenvalue weighted by Crippen LogP contribution is -2.42. The summed E-state index contributed by atoms with van der Waals surface area (Å²) in [5.74, 6) is 1.11. The van der Waals surface area contributed by atoms with Crippen LogP contribution >= 0.6 is 11.3 Å². The van der Waals surface area contributed by atoms with Gasteiger partial charge in [0.05, 0.1) is 11.9 Å². The molecule has 2 unspecified atom stereocenters. The van der Waals surface area contributed by atoms with Crippen LogP contribution in [0.25, 0.3) is 10.2 Å². The summed E-state index contributed by atoms with van der Waals surface area (Å²) in [6.07, 6.45) is 2.78. The number of piperidine rings is 1. The van der Waals surface area contributed by atoms with Gasteiger partial charge in [0.25, 0.3) is 5.91 Å². The van der Waals surface area contributed by atoms with E-state index in [4.69, 9.17) is 5.73 Å². The summed E-state index contributed by atoms with van der Waals surface area (Å²) in [5, 5.41) is 8.71. The van der Waals surface area contributed by atoms with Gasteiger partial charge >= 0.3 is 0 Å². The zero-order chi connectivity index (χ0) is 14.3. The first-order valence-electron chi connectivity index (χ1n) is 6.85. The molecule has 1 aliphatic rings. The molecule has 0 aromatic carbocycles. The van der Waals surface area contributed by atoms with Crippen molar-refractivity contribution in [2.45, 2.75) is 20.3 Å². The van der Waals surface area contributed by atoms with Crippen molar-refractivity contribution < 1.29 is 4.79 Å². The molecule has 0 aliphatic carbocycles. The maximum atomic E-state index is 12.7. The molecule has 106 valence electrons. The van der Waals surface area contributed by atoms with Crippen LogP contribution in [0.15, 0.2) is 12.3 Å². The normalized spacial score (nSPS) is 23.2. The summed E-state index contributed by atoms with van der Waals surface area (Å²) in [6, 6.07) is 1.81. The maximum absolute atomic E-state index is 12.7. The van der Waals surface area contributed by atoms with Crippen molar-refractivity contribution in [1.29, 1.82) is 0 Å². The van der Waals surface area contributed by atoms with Crippen molar-refractivity contribution in [3.8, 4) is 0 Å². The van der Waals surface area contributed by atoms with Crippen LogP contribution in [0.5, 0.6) is 0 Å². The standard InChI is InChI=1S/C14H18N4OS/c1-8-5-9(2)7-18(6-8)14(19)12-11(15)10-3-4-16-17-13(10)20-12/h3-4,8-9H,5-7,15H2,1-2H3. The van der Waals surface area contributed by atoms with Gasteiger partial charge in [0.2, 0.25) is 0 Å². The second-order valence-corrected chi connectivity index (χ2v) is 6.75. The Balaban J connectivity index is 1.94. The highest BCUT2D eigenvalue weighted by Gasteiger charge is 2.28. The minimum absolute atomic E-state index is 0.0314. The van der Waals surface area contributed by atoms with E-state index in [1.165, 1.54) is 17.8 Å². The zero-order valence-corrected chi connectivity index (χ0v) is 12.5. The smallest absolute Gasteiger partial charge is 0.266 e. The van der Waals surface area contributed by atoms with E-state index in [1.54, 1.807) is 6.20 Å². The summed E-state index contributed by atoms with van der Waals surface area (Å²) < 4.78 is 0. The molecule has 1 fully saturated rings. The number of nitrogens with zero attached hydrogens (tertiary/aromatic N) is 3. The van der Waals surface area contributed by atoms with E-state index in [9.17, 15) is 4.79 Å². The van der Waals surface area contributed by atoms with Gasteiger partial charge in [0.15, 0.2) is 0 Å². The molecule has 0 bridgehead atoms. The molecule has 3 rings (SSSR count). The number of carbonyl (C=O) groups excluding carboxylic acids is 1. The summed E-state index contributed by atoms with van der Waals surface area (Å²) in [7, 11) is 0. The van der Waals surface area contributed by atoms with Crippen molar-refractivity contribution in [3.63, 3.8) is 0 Å². The minimum atomic E-state index is 0.0314. The number of carbonyl (C=O) groups is 1. The van der Waals surface area contributed by atoms with E-state index in [0.29, 0.717) is 22.4 Å². The summed E-state index contributed by atoms with van der Waals surface area (Å²) in [5.41, 5.74) is 6.65. The molecular formula is C14H18N4OS. The Morgan fingerprint density at radius 3 is 2.75 bits per heavy atom. The lowest BCUT2D eigenvalue weighted by Gasteiger charge is -2.34. The van der Waals surface area contributed by atoms with Crippen LogP contribution in [0.4, 0.5) is 5.69 Å². The molecule has 2 aromatic rings. The Labute approximate surface area is 121 Å². The highest BCUT2D eigenvalue weighted by atomic mass is 32.1. The fraction of sp³-hybridized carbons (Fsp3) is 0.500. The quantitative estimate of drug-likeness (QED) is 0.875. The SMILES string of the molecule is CC1CC(C)CN(C(=O)c2sc3nnccc3c2N)C1. The van der Waals surface area contributed by atoms with Crippen LogP contribution < -0.4 is 5.73 Å². The zero-order valence-electron chi connectivity index (χ0n) is 11.7. The van der Waals surface area contributed by atoms with Crippen LogP contribution in [-0.2, 0) is 0 Å². The fourth-order valence-corrected chi connectivity index (χ4v) is 4.01. The Bertz CT molecular complexity index is 644. The Morgan fingerprint density at radius 1 is 1.40 bits per heavy atom. The van der Waals surface area contributed by atoms with E-state index in [-0.39, 0.29) is 5.91 Å². The van der Waals surface area contributed by atoms with Crippen molar-refractivity contribution >= 4 is 33.1 Å². The summed E-state index contributed by atoms with van der Waals surface area (Å²) >= 11 is 1.34. The fourth-order valence-electron chi connectivity index (χ4n) is 3.00. The first-order chi connectivity index (χ1) is 9.56. The molecule has 3 heterocycles. The molecule has 5 nitrogen and oxygen atoms in total.